The molecule has 0 spiro atoms. The third-order valence-corrected chi connectivity index (χ3v) is 4.08. The Balaban J connectivity index is 1.81. The number of rotatable bonds is 5. The van der Waals surface area contributed by atoms with Crippen LogP contribution in [0.4, 0.5) is 5.69 Å². The van der Waals surface area contributed by atoms with Gasteiger partial charge in [0.05, 0.1) is 0 Å². The second kappa shape index (κ2) is 7.29. The highest BCUT2D eigenvalue weighted by molar-refractivity contribution is 6.05. The molecular weight excluding hydrogens is 320 g/mol. The lowest BCUT2D eigenvalue weighted by atomic mass is 10.2. The zero-order valence-electron chi connectivity index (χ0n) is 14.1. The van der Waals surface area contributed by atoms with E-state index in [9.17, 15) is 14.4 Å². The van der Waals surface area contributed by atoms with E-state index in [1.165, 1.54) is 12.1 Å². The summed E-state index contributed by atoms with van der Waals surface area (Å²) >= 11 is 0. The van der Waals surface area contributed by atoms with E-state index in [-0.39, 0.29) is 24.1 Å². The van der Waals surface area contributed by atoms with Crippen LogP contribution in [-0.4, -0.2) is 34.7 Å². The molecule has 2 amide bonds. The number of anilines is 1. The number of aromatic nitrogens is 2. The van der Waals surface area contributed by atoms with Crippen molar-refractivity contribution in [1.82, 2.24) is 15.1 Å². The fourth-order valence-corrected chi connectivity index (χ4v) is 2.82. The first kappa shape index (κ1) is 16.9. The third-order valence-electron chi connectivity index (χ3n) is 4.08. The van der Waals surface area contributed by atoms with Crippen LogP contribution in [0.3, 0.4) is 0 Å². The number of para-hydroxylation sites is 1. The minimum Gasteiger partial charge on any atom is -0.355 e. The lowest BCUT2D eigenvalue weighted by molar-refractivity contribution is -0.121. The maximum absolute atomic E-state index is 12.8. The fourth-order valence-electron chi connectivity index (χ4n) is 2.82. The molecule has 1 aromatic carbocycles. The Bertz CT molecular complexity index is 859. The average Bonchev–Trinajstić information content (AvgIpc) is 3.05. The second-order valence-corrected chi connectivity index (χ2v) is 5.90. The van der Waals surface area contributed by atoms with Crippen molar-refractivity contribution in [1.29, 1.82) is 0 Å². The summed E-state index contributed by atoms with van der Waals surface area (Å²) in [5.41, 5.74) is 1.72. The molecule has 7 nitrogen and oxygen atoms in total. The van der Waals surface area contributed by atoms with Gasteiger partial charge >= 0.3 is 0 Å². The van der Waals surface area contributed by atoms with Crippen LogP contribution in [0.1, 0.15) is 29.4 Å². The number of fused-ring (bicyclic) bond motifs is 1. The molecule has 2 heterocycles. The molecule has 7 heteroatoms. The van der Waals surface area contributed by atoms with Crippen molar-refractivity contribution in [3.05, 3.63) is 58.0 Å². The van der Waals surface area contributed by atoms with Gasteiger partial charge in [-0.25, -0.2) is 4.68 Å². The van der Waals surface area contributed by atoms with E-state index in [1.807, 2.05) is 31.2 Å². The summed E-state index contributed by atoms with van der Waals surface area (Å²) in [6.07, 6.45) is 1.60. The van der Waals surface area contributed by atoms with Gasteiger partial charge in [0, 0.05) is 24.8 Å². The van der Waals surface area contributed by atoms with E-state index >= 15 is 0 Å². The molecule has 2 aromatic rings. The van der Waals surface area contributed by atoms with E-state index in [0.717, 1.165) is 28.8 Å². The smallest absolute Gasteiger partial charge is 0.278 e. The van der Waals surface area contributed by atoms with Crippen molar-refractivity contribution in [3.63, 3.8) is 0 Å². The molecule has 0 bridgehead atoms. The van der Waals surface area contributed by atoms with E-state index in [2.05, 4.69) is 10.4 Å². The Morgan fingerprint density at radius 1 is 1.20 bits per heavy atom. The van der Waals surface area contributed by atoms with Crippen LogP contribution in [0, 0.1) is 0 Å². The molecule has 130 valence electrons. The first-order valence-electron chi connectivity index (χ1n) is 8.35. The van der Waals surface area contributed by atoms with Crippen LogP contribution in [0.2, 0.25) is 0 Å². The Morgan fingerprint density at radius 3 is 2.80 bits per heavy atom. The van der Waals surface area contributed by atoms with Crippen LogP contribution >= 0.6 is 0 Å². The SMILES string of the molecule is CCCNC(=O)Cn1nc(C(=O)N2CCc3ccccc32)ccc1=O. The lowest BCUT2D eigenvalue weighted by Gasteiger charge is -2.17. The minimum atomic E-state index is -0.412. The maximum atomic E-state index is 12.8. The minimum absolute atomic E-state index is 0.152. The number of carbonyl (C=O) groups is 2. The van der Waals surface area contributed by atoms with Crippen molar-refractivity contribution in [2.45, 2.75) is 26.3 Å². The zero-order valence-corrected chi connectivity index (χ0v) is 14.1. The molecule has 0 unspecified atom stereocenters. The van der Waals surface area contributed by atoms with Gasteiger partial charge in [-0.15, -0.1) is 0 Å². The van der Waals surface area contributed by atoms with Crippen LogP contribution in [0.5, 0.6) is 0 Å². The Labute approximate surface area is 145 Å². The van der Waals surface area contributed by atoms with Gasteiger partial charge in [-0.05, 0) is 30.5 Å². The van der Waals surface area contributed by atoms with E-state index in [4.69, 9.17) is 0 Å². The van der Waals surface area contributed by atoms with Gasteiger partial charge < -0.3 is 10.2 Å². The summed E-state index contributed by atoms with van der Waals surface area (Å²) in [7, 11) is 0. The predicted molar refractivity (Wildman–Crippen MR) is 93.6 cm³/mol. The lowest BCUT2D eigenvalue weighted by Crippen LogP contribution is -2.36. The van der Waals surface area contributed by atoms with Gasteiger partial charge in [-0.1, -0.05) is 25.1 Å². The number of hydrogen-bond acceptors (Lipinski definition) is 4. The van der Waals surface area contributed by atoms with Gasteiger partial charge in [-0.3, -0.25) is 14.4 Å². The highest BCUT2D eigenvalue weighted by atomic mass is 16.2. The highest BCUT2D eigenvalue weighted by Gasteiger charge is 2.26. The third kappa shape index (κ3) is 3.60. The van der Waals surface area contributed by atoms with Crippen molar-refractivity contribution < 1.29 is 9.59 Å². The monoisotopic (exact) mass is 340 g/mol. The summed E-state index contributed by atoms with van der Waals surface area (Å²) in [6, 6.07) is 10.4. The summed E-state index contributed by atoms with van der Waals surface area (Å²) in [5, 5.41) is 6.78. The average molecular weight is 340 g/mol. The van der Waals surface area contributed by atoms with Gasteiger partial charge in [0.1, 0.15) is 12.2 Å². The molecule has 0 fully saturated rings. The number of carbonyl (C=O) groups excluding carboxylic acids is 2. The molecule has 0 saturated carbocycles. The number of benzene rings is 1. The van der Waals surface area contributed by atoms with Crippen molar-refractivity contribution in [2.75, 3.05) is 18.0 Å². The summed E-state index contributed by atoms with van der Waals surface area (Å²) < 4.78 is 1.03. The molecule has 1 N–H and O–H groups in total. The quantitative estimate of drug-likeness (QED) is 0.879. The first-order chi connectivity index (χ1) is 12.1. The molecule has 1 aliphatic rings. The van der Waals surface area contributed by atoms with E-state index in [1.54, 1.807) is 4.90 Å². The van der Waals surface area contributed by atoms with Crippen molar-refractivity contribution in [2.24, 2.45) is 0 Å². The first-order valence-corrected chi connectivity index (χ1v) is 8.35. The summed E-state index contributed by atoms with van der Waals surface area (Å²) in [5.74, 6) is -0.569. The van der Waals surface area contributed by atoms with E-state index in [0.29, 0.717) is 13.1 Å². The van der Waals surface area contributed by atoms with Gasteiger partial charge in [0.15, 0.2) is 0 Å². The number of nitrogens with one attached hydrogen (secondary N) is 1. The largest absolute Gasteiger partial charge is 0.355 e. The van der Waals surface area contributed by atoms with Crippen LogP contribution in [0.15, 0.2) is 41.2 Å². The normalized spacial score (nSPS) is 12.8. The van der Waals surface area contributed by atoms with E-state index < -0.39 is 5.56 Å². The molecule has 0 radical (unpaired) electrons. The molecule has 25 heavy (non-hydrogen) atoms. The second-order valence-electron chi connectivity index (χ2n) is 5.90. The fraction of sp³-hybridized carbons (Fsp3) is 0.333. The molecule has 1 aliphatic heterocycles. The van der Waals surface area contributed by atoms with Crippen molar-refractivity contribution >= 4 is 17.5 Å². The summed E-state index contributed by atoms with van der Waals surface area (Å²) in [6.45, 7) is 2.86. The maximum Gasteiger partial charge on any atom is 0.278 e. The Morgan fingerprint density at radius 2 is 2.00 bits per heavy atom. The molecule has 0 aliphatic carbocycles. The molecular formula is C18H20N4O3. The highest BCUT2D eigenvalue weighted by Crippen LogP contribution is 2.28. The number of amides is 2. The molecule has 3 rings (SSSR count). The predicted octanol–water partition coefficient (Wildman–Crippen LogP) is 0.972. The Kier molecular flexibility index (Phi) is 4.92. The van der Waals surface area contributed by atoms with Crippen LogP contribution < -0.4 is 15.8 Å². The van der Waals surface area contributed by atoms with Gasteiger partial charge in [0.2, 0.25) is 5.91 Å². The zero-order chi connectivity index (χ0) is 17.8. The van der Waals surface area contributed by atoms with Crippen LogP contribution in [-0.2, 0) is 17.8 Å². The standard InChI is InChI=1S/C18H20N4O3/c1-2-10-19-16(23)12-22-17(24)8-7-14(20-22)18(25)21-11-9-13-5-3-4-6-15(13)21/h3-8H,2,9-12H2,1H3,(H,19,23). The molecule has 0 saturated heterocycles. The van der Waals surface area contributed by atoms with Crippen LogP contribution in [0.25, 0.3) is 0 Å². The molecule has 0 atom stereocenters. The topological polar surface area (TPSA) is 84.3 Å². The number of hydrogen-bond donors (Lipinski definition) is 1. The van der Waals surface area contributed by atoms with Gasteiger partial charge in [-0.2, -0.15) is 5.10 Å². The summed E-state index contributed by atoms with van der Waals surface area (Å²) in [4.78, 5) is 38.2. The van der Waals surface area contributed by atoms with Crippen molar-refractivity contribution in [3.8, 4) is 0 Å². The molecule has 1 aromatic heterocycles. The van der Waals surface area contributed by atoms with Gasteiger partial charge in [0.25, 0.3) is 11.5 Å². The number of nitrogens with zero attached hydrogens (tertiary/aromatic N) is 3. The Hall–Kier alpha value is -2.96.